The predicted molar refractivity (Wildman–Crippen MR) is 128 cm³/mol. The second-order valence-electron chi connectivity index (χ2n) is 8.38. The Kier molecular flexibility index (Phi) is 8.19. The number of rotatable bonds is 7. The number of esters is 2. The molecule has 1 N–H and O–H groups in total. The highest BCUT2D eigenvalue weighted by Gasteiger charge is 2.26. The van der Waals surface area contributed by atoms with Crippen molar-refractivity contribution in [1.82, 2.24) is 0 Å². The van der Waals surface area contributed by atoms with Crippen molar-refractivity contribution in [3.05, 3.63) is 33.6 Å². The van der Waals surface area contributed by atoms with Gasteiger partial charge in [-0.2, -0.15) is 0 Å². The van der Waals surface area contributed by atoms with E-state index < -0.39 is 17.5 Å². The number of carbonyl (C=O) groups excluding carboxylic acids is 2. The summed E-state index contributed by atoms with van der Waals surface area (Å²) in [6.45, 7) is 6.55. The molecule has 1 fully saturated rings. The molecule has 1 aromatic heterocycles. The zero-order chi connectivity index (χ0) is 23.3. The Labute approximate surface area is 200 Å². The number of methoxy groups -OCH3 is 1. The minimum atomic E-state index is -0.624. The van der Waals surface area contributed by atoms with Crippen molar-refractivity contribution < 1.29 is 28.5 Å². The highest BCUT2D eigenvalue weighted by molar-refractivity contribution is 9.10. The summed E-state index contributed by atoms with van der Waals surface area (Å²) in [6.07, 6.45) is 1.92. The van der Waals surface area contributed by atoms with Crippen LogP contribution < -0.4 is 10.1 Å². The Bertz CT molecular complexity index is 962. The van der Waals surface area contributed by atoms with Crippen LogP contribution >= 0.6 is 27.3 Å². The number of anilines is 1. The van der Waals surface area contributed by atoms with E-state index in [4.69, 9.17) is 18.9 Å². The van der Waals surface area contributed by atoms with Gasteiger partial charge in [-0.15, -0.1) is 11.3 Å². The van der Waals surface area contributed by atoms with Gasteiger partial charge in [0.15, 0.2) is 17.2 Å². The lowest BCUT2D eigenvalue weighted by Gasteiger charge is -2.24. The van der Waals surface area contributed by atoms with E-state index in [-0.39, 0.29) is 17.2 Å². The molecule has 0 aliphatic carbocycles. The van der Waals surface area contributed by atoms with Crippen LogP contribution in [0, 0.1) is 0 Å². The Balaban J connectivity index is 1.84. The van der Waals surface area contributed by atoms with Crippen molar-refractivity contribution >= 4 is 44.9 Å². The highest BCUT2D eigenvalue weighted by Crippen LogP contribution is 2.46. The number of benzene rings is 1. The molecule has 32 heavy (non-hydrogen) atoms. The third-order valence-corrected chi connectivity index (χ3v) is 6.87. The van der Waals surface area contributed by atoms with Crippen molar-refractivity contribution in [3.63, 3.8) is 0 Å². The first kappa shape index (κ1) is 24.5. The van der Waals surface area contributed by atoms with Gasteiger partial charge in [-0.3, -0.25) is 0 Å². The molecule has 0 spiro atoms. The van der Waals surface area contributed by atoms with Gasteiger partial charge in [0.25, 0.3) is 0 Å². The second-order valence-corrected chi connectivity index (χ2v) is 10.2. The van der Waals surface area contributed by atoms with E-state index in [0.29, 0.717) is 10.5 Å². The first-order chi connectivity index (χ1) is 15.2. The molecule has 0 atom stereocenters. The molecule has 1 aliphatic heterocycles. The first-order valence-corrected chi connectivity index (χ1v) is 12.0. The maximum Gasteiger partial charge on any atom is 0.351 e. The summed E-state index contributed by atoms with van der Waals surface area (Å²) in [6, 6.07) is 8.34. The Morgan fingerprint density at radius 2 is 1.97 bits per heavy atom. The normalized spacial score (nSPS) is 14.7. The van der Waals surface area contributed by atoms with Gasteiger partial charge in [-0.25, -0.2) is 9.59 Å². The highest BCUT2D eigenvalue weighted by atomic mass is 79.9. The van der Waals surface area contributed by atoms with E-state index in [2.05, 4.69) is 21.2 Å². The van der Waals surface area contributed by atoms with Gasteiger partial charge in [0.1, 0.15) is 5.60 Å². The smallest absolute Gasteiger partial charge is 0.351 e. The number of nitrogens with one attached hydrogen (secondary N) is 1. The minimum absolute atomic E-state index is 0.269. The molecule has 0 amide bonds. The lowest BCUT2D eigenvalue weighted by Crippen LogP contribution is -2.27. The summed E-state index contributed by atoms with van der Waals surface area (Å²) in [5, 5.41) is 3.55. The fraction of sp³-hybridized carbons (Fsp3) is 0.478. The average molecular weight is 526 g/mol. The van der Waals surface area contributed by atoms with Crippen LogP contribution in [-0.4, -0.2) is 50.5 Å². The van der Waals surface area contributed by atoms with Gasteiger partial charge in [-0.1, -0.05) is 12.1 Å². The minimum Gasteiger partial charge on any atom is -0.479 e. The molecule has 0 unspecified atom stereocenters. The third kappa shape index (κ3) is 6.46. The molecule has 7 nitrogen and oxygen atoms in total. The largest absolute Gasteiger partial charge is 0.479 e. The molecule has 9 heteroatoms. The van der Waals surface area contributed by atoms with Crippen LogP contribution in [0.1, 0.15) is 43.3 Å². The van der Waals surface area contributed by atoms with Gasteiger partial charge in [0.05, 0.1) is 16.5 Å². The monoisotopic (exact) mass is 525 g/mol. The maximum atomic E-state index is 12.4. The predicted octanol–water partition coefficient (Wildman–Crippen LogP) is 5.28. The van der Waals surface area contributed by atoms with Crippen LogP contribution in [-0.2, 0) is 19.0 Å². The Morgan fingerprint density at radius 3 is 2.62 bits per heavy atom. The molecule has 0 saturated carbocycles. The van der Waals surface area contributed by atoms with E-state index >= 15 is 0 Å². The molecular formula is C23H28BrNO6S. The summed E-state index contributed by atoms with van der Waals surface area (Å²) in [5.41, 5.74) is 1.28. The molecule has 0 bridgehead atoms. The van der Waals surface area contributed by atoms with Crippen molar-refractivity contribution in [2.45, 2.75) is 45.3 Å². The fourth-order valence-corrected chi connectivity index (χ4v) is 5.23. The van der Waals surface area contributed by atoms with Crippen LogP contribution in [0.2, 0.25) is 0 Å². The molecule has 2 heterocycles. The fourth-order valence-electron chi connectivity index (χ4n) is 3.27. The quantitative estimate of drug-likeness (QED) is 0.492. The number of hydrogen-bond acceptors (Lipinski definition) is 8. The summed E-state index contributed by atoms with van der Waals surface area (Å²) in [7, 11) is 1.31. The molecular weight excluding hydrogens is 498 g/mol. The van der Waals surface area contributed by atoms with Crippen LogP contribution in [0.4, 0.5) is 5.69 Å². The van der Waals surface area contributed by atoms with Crippen LogP contribution in [0.3, 0.4) is 0 Å². The van der Waals surface area contributed by atoms with Crippen molar-refractivity contribution in [2.24, 2.45) is 0 Å². The SMILES string of the molecule is COC(=O)c1sc(-c2cccc(NC3CCOCC3)c2)c(Br)c1OCC(=O)OC(C)(C)C. The van der Waals surface area contributed by atoms with Crippen molar-refractivity contribution in [2.75, 3.05) is 32.2 Å². The number of halogens is 1. The maximum absolute atomic E-state index is 12.4. The van der Waals surface area contributed by atoms with Gasteiger partial charge >= 0.3 is 11.9 Å². The molecule has 0 radical (unpaired) electrons. The van der Waals surface area contributed by atoms with Crippen molar-refractivity contribution in [3.8, 4) is 16.2 Å². The van der Waals surface area contributed by atoms with Crippen molar-refractivity contribution in [1.29, 1.82) is 0 Å². The number of ether oxygens (including phenoxy) is 4. The zero-order valence-electron chi connectivity index (χ0n) is 18.7. The summed E-state index contributed by atoms with van der Waals surface area (Å²) < 4.78 is 21.9. The van der Waals surface area contributed by atoms with Gasteiger partial charge < -0.3 is 24.3 Å². The molecule has 1 aromatic carbocycles. The Morgan fingerprint density at radius 1 is 1.25 bits per heavy atom. The van der Waals surface area contributed by atoms with E-state index in [1.807, 2.05) is 24.3 Å². The van der Waals surface area contributed by atoms with Crippen LogP contribution in [0.25, 0.3) is 10.4 Å². The second kappa shape index (κ2) is 10.7. The van der Waals surface area contributed by atoms with Crippen LogP contribution in [0.5, 0.6) is 5.75 Å². The summed E-state index contributed by atoms with van der Waals surface area (Å²) >= 11 is 4.80. The van der Waals surface area contributed by atoms with Gasteiger partial charge in [0.2, 0.25) is 0 Å². The number of hydrogen-bond donors (Lipinski definition) is 1. The molecule has 2 aromatic rings. The van der Waals surface area contributed by atoms with E-state index in [1.54, 1.807) is 20.8 Å². The lowest BCUT2D eigenvalue weighted by molar-refractivity contribution is -0.157. The lowest BCUT2D eigenvalue weighted by atomic mass is 10.1. The van der Waals surface area contributed by atoms with E-state index in [1.165, 1.54) is 18.4 Å². The summed E-state index contributed by atoms with van der Waals surface area (Å²) in [5.74, 6) is -0.779. The molecule has 1 saturated heterocycles. The first-order valence-electron chi connectivity index (χ1n) is 10.4. The number of thiophene rings is 1. The topological polar surface area (TPSA) is 83.1 Å². The molecule has 3 rings (SSSR count). The van der Waals surface area contributed by atoms with Gasteiger partial charge in [-0.05, 0) is 67.2 Å². The van der Waals surface area contributed by atoms with E-state index in [9.17, 15) is 9.59 Å². The molecule has 174 valence electrons. The van der Waals surface area contributed by atoms with Crippen LogP contribution in [0.15, 0.2) is 28.7 Å². The Hall–Kier alpha value is -2.10. The molecule has 1 aliphatic rings. The number of carbonyl (C=O) groups is 2. The average Bonchev–Trinajstić information content (AvgIpc) is 3.07. The van der Waals surface area contributed by atoms with Gasteiger partial charge in [0, 0.05) is 24.9 Å². The summed E-state index contributed by atoms with van der Waals surface area (Å²) in [4.78, 5) is 25.6. The standard InChI is InChI=1S/C23H28BrNO6S/c1-23(2,3)31-17(26)13-30-19-18(24)20(32-21(19)22(27)28-4)14-6-5-7-16(12-14)25-15-8-10-29-11-9-15/h5-7,12,15,25H,8-11,13H2,1-4H3. The zero-order valence-corrected chi connectivity index (χ0v) is 21.1. The van der Waals surface area contributed by atoms with E-state index in [0.717, 1.165) is 42.2 Å². The third-order valence-electron chi connectivity index (χ3n) is 4.65.